The van der Waals surface area contributed by atoms with Gasteiger partial charge in [-0.15, -0.1) is 0 Å². The standard InChI is InChI=1S/C14H19BrClNO/c1-10(15)9-18-13-11(6-5-7-12(13)16)8-17-14(2,3)4/h5-7,17H,1,8-9H2,2-4H3. The zero-order valence-corrected chi connectivity index (χ0v) is 13.4. The Morgan fingerprint density at radius 2 is 2.11 bits per heavy atom. The number of benzene rings is 1. The van der Waals surface area contributed by atoms with Crippen molar-refractivity contribution in [3.05, 3.63) is 39.8 Å². The number of hydrogen-bond donors (Lipinski definition) is 1. The lowest BCUT2D eigenvalue weighted by atomic mass is 10.1. The first-order chi connectivity index (χ1) is 8.29. The predicted octanol–water partition coefficient (Wildman–Crippen LogP) is 4.52. The van der Waals surface area contributed by atoms with Crippen molar-refractivity contribution in [1.29, 1.82) is 0 Å². The number of halogens is 2. The first-order valence-electron chi connectivity index (χ1n) is 5.78. The van der Waals surface area contributed by atoms with Crippen LogP contribution in [0.2, 0.25) is 5.02 Å². The summed E-state index contributed by atoms with van der Waals surface area (Å²) in [5.41, 5.74) is 1.10. The van der Waals surface area contributed by atoms with Gasteiger partial charge >= 0.3 is 0 Å². The minimum atomic E-state index is 0.0542. The van der Waals surface area contributed by atoms with Crippen molar-refractivity contribution < 1.29 is 4.74 Å². The van der Waals surface area contributed by atoms with Gasteiger partial charge in [-0.2, -0.15) is 0 Å². The molecule has 18 heavy (non-hydrogen) atoms. The average Bonchev–Trinajstić information content (AvgIpc) is 2.23. The van der Waals surface area contributed by atoms with Crippen molar-refractivity contribution in [2.24, 2.45) is 0 Å². The molecule has 0 spiro atoms. The van der Waals surface area contributed by atoms with Crippen molar-refractivity contribution in [3.63, 3.8) is 0 Å². The molecular formula is C14H19BrClNO. The van der Waals surface area contributed by atoms with Crippen molar-refractivity contribution in [2.45, 2.75) is 32.9 Å². The molecule has 4 heteroatoms. The van der Waals surface area contributed by atoms with Crippen LogP contribution in [0.4, 0.5) is 0 Å². The molecule has 0 fully saturated rings. The molecule has 100 valence electrons. The molecule has 0 radical (unpaired) electrons. The van der Waals surface area contributed by atoms with E-state index in [2.05, 4.69) is 48.6 Å². The van der Waals surface area contributed by atoms with E-state index in [-0.39, 0.29) is 5.54 Å². The van der Waals surface area contributed by atoms with E-state index >= 15 is 0 Å². The highest BCUT2D eigenvalue weighted by Crippen LogP contribution is 2.29. The van der Waals surface area contributed by atoms with Gasteiger partial charge in [-0.05, 0) is 26.8 Å². The molecule has 0 unspecified atom stereocenters. The number of para-hydroxylation sites is 1. The molecule has 0 bridgehead atoms. The second-order valence-electron chi connectivity index (χ2n) is 5.14. The summed E-state index contributed by atoms with van der Waals surface area (Å²) in [5.74, 6) is 0.719. The summed E-state index contributed by atoms with van der Waals surface area (Å²) >= 11 is 9.44. The normalized spacial score (nSPS) is 11.4. The van der Waals surface area contributed by atoms with Crippen LogP contribution in [0.1, 0.15) is 26.3 Å². The summed E-state index contributed by atoms with van der Waals surface area (Å²) in [6, 6.07) is 5.77. The highest BCUT2D eigenvalue weighted by Gasteiger charge is 2.13. The summed E-state index contributed by atoms with van der Waals surface area (Å²) in [7, 11) is 0. The molecule has 0 saturated carbocycles. The Kier molecular flexibility index (Phi) is 5.70. The second kappa shape index (κ2) is 6.60. The van der Waals surface area contributed by atoms with Crippen molar-refractivity contribution in [2.75, 3.05) is 6.61 Å². The minimum absolute atomic E-state index is 0.0542. The van der Waals surface area contributed by atoms with Crippen LogP contribution in [0.3, 0.4) is 0 Å². The Morgan fingerprint density at radius 3 is 2.67 bits per heavy atom. The summed E-state index contributed by atoms with van der Waals surface area (Å²) < 4.78 is 6.47. The summed E-state index contributed by atoms with van der Waals surface area (Å²) in [4.78, 5) is 0. The molecule has 0 aliphatic heterocycles. The van der Waals surface area contributed by atoms with E-state index in [1.165, 1.54) is 0 Å². The zero-order chi connectivity index (χ0) is 13.8. The Balaban J connectivity index is 2.83. The number of hydrogen-bond acceptors (Lipinski definition) is 2. The van der Waals surface area contributed by atoms with E-state index in [0.717, 1.165) is 15.8 Å². The smallest absolute Gasteiger partial charge is 0.142 e. The number of ether oxygens (including phenoxy) is 1. The predicted molar refractivity (Wildman–Crippen MR) is 81.6 cm³/mol. The molecule has 0 atom stereocenters. The lowest BCUT2D eigenvalue weighted by Gasteiger charge is -2.22. The highest BCUT2D eigenvalue weighted by molar-refractivity contribution is 9.11. The first kappa shape index (κ1) is 15.5. The highest BCUT2D eigenvalue weighted by atomic mass is 79.9. The van der Waals surface area contributed by atoms with Gasteiger partial charge < -0.3 is 10.1 Å². The molecule has 0 heterocycles. The van der Waals surface area contributed by atoms with Crippen molar-refractivity contribution in [1.82, 2.24) is 5.32 Å². The molecule has 2 nitrogen and oxygen atoms in total. The largest absolute Gasteiger partial charge is 0.486 e. The SMILES string of the molecule is C=C(Br)COc1c(Cl)cccc1CNC(C)(C)C. The maximum atomic E-state index is 6.17. The fraction of sp³-hybridized carbons (Fsp3) is 0.429. The third-order valence-electron chi connectivity index (χ3n) is 2.23. The molecule has 0 aromatic heterocycles. The Hall–Kier alpha value is -0.510. The minimum Gasteiger partial charge on any atom is -0.486 e. The van der Waals surface area contributed by atoms with Crippen LogP contribution in [-0.2, 0) is 6.54 Å². The van der Waals surface area contributed by atoms with Gasteiger partial charge in [-0.25, -0.2) is 0 Å². The quantitative estimate of drug-likeness (QED) is 0.856. The van der Waals surface area contributed by atoms with E-state index in [4.69, 9.17) is 16.3 Å². The van der Waals surface area contributed by atoms with Crippen molar-refractivity contribution >= 4 is 27.5 Å². The molecule has 0 aliphatic carbocycles. The van der Waals surface area contributed by atoms with Crippen LogP contribution in [0.5, 0.6) is 5.75 Å². The van der Waals surface area contributed by atoms with Crippen LogP contribution < -0.4 is 10.1 Å². The molecule has 0 aliphatic rings. The van der Waals surface area contributed by atoms with Crippen LogP contribution in [0.25, 0.3) is 0 Å². The Bertz CT molecular complexity index is 426. The first-order valence-corrected chi connectivity index (χ1v) is 6.95. The van der Waals surface area contributed by atoms with Gasteiger partial charge in [0.25, 0.3) is 0 Å². The van der Waals surface area contributed by atoms with Crippen molar-refractivity contribution in [3.8, 4) is 5.75 Å². The van der Waals surface area contributed by atoms with E-state index in [1.807, 2.05) is 18.2 Å². The van der Waals surface area contributed by atoms with Gasteiger partial charge in [0.15, 0.2) is 0 Å². The summed E-state index contributed by atoms with van der Waals surface area (Å²) in [6.07, 6.45) is 0. The van der Waals surface area contributed by atoms with Gasteiger partial charge in [0.2, 0.25) is 0 Å². The molecule has 1 N–H and O–H groups in total. The Morgan fingerprint density at radius 1 is 1.44 bits per heavy atom. The van der Waals surface area contributed by atoms with E-state index in [1.54, 1.807) is 0 Å². The zero-order valence-electron chi connectivity index (χ0n) is 11.0. The average molecular weight is 333 g/mol. The van der Waals surface area contributed by atoms with Gasteiger partial charge in [0.05, 0.1) is 5.02 Å². The van der Waals surface area contributed by atoms with E-state index < -0.39 is 0 Å². The number of nitrogens with one attached hydrogen (secondary N) is 1. The third kappa shape index (κ3) is 5.42. The fourth-order valence-electron chi connectivity index (χ4n) is 1.37. The van der Waals surface area contributed by atoms with Gasteiger partial charge in [-0.1, -0.05) is 46.2 Å². The molecule has 0 saturated heterocycles. The van der Waals surface area contributed by atoms with E-state index in [9.17, 15) is 0 Å². The van der Waals surface area contributed by atoms with Crippen LogP contribution in [0.15, 0.2) is 29.3 Å². The maximum absolute atomic E-state index is 6.17. The van der Waals surface area contributed by atoms with Crippen LogP contribution in [-0.4, -0.2) is 12.1 Å². The topological polar surface area (TPSA) is 21.3 Å². The fourth-order valence-corrected chi connectivity index (χ4v) is 1.73. The van der Waals surface area contributed by atoms with Gasteiger partial charge in [-0.3, -0.25) is 0 Å². The van der Waals surface area contributed by atoms with Gasteiger partial charge in [0.1, 0.15) is 12.4 Å². The molecule has 1 aromatic carbocycles. The molecule has 0 amide bonds. The van der Waals surface area contributed by atoms with Crippen LogP contribution in [0, 0.1) is 0 Å². The van der Waals surface area contributed by atoms with Gasteiger partial charge in [0, 0.05) is 22.1 Å². The lowest BCUT2D eigenvalue weighted by Crippen LogP contribution is -2.35. The number of rotatable bonds is 5. The summed E-state index contributed by atoms with van der Waals surface area (Å²) in [6.45, 7) is 11.2. The van der Waals surface area contributed by atoms with Crippen LogP contribution >= 0.6 is 27.5 Å². The second-order valence-corrected chi connectivity index (χ2v) is 6.67. The third-order valence-corrected chi connectivity index (χ3v) is 2.76. The molecular weight excluding hydrogens is 314 g/mol. The molecule has 1 rings (SSSR count). The Labute approximate surface area is 122 Å². The molecule has 1 aromatic rings. The monoisotopic (exact) mass is 331 g/mol. The summed E-state index contributed by atoms with van der Waals surface area (Å²) in [5, 5.41) is 4.04. The lowest BCUT2D eigenvalue weighted by molar-refractivity contribution is 0.351. The maximum Gasteiger partial charge on any atom is 0.142 e. The van der Waals surface area contributed by atoms with E-state index in [0.29, 0.717) is 18.2 Å².